The van der Waals surface area contributed by atoms with Crippen LogP contribution in [0.2, 0.25) is 0 Å². The Morgan fingerprint density at radius 1 is 1.40 bits per heavy atom. The van der Waals surface area contributed by atoms with Crippen molar-refractivity contribution in [3.63, 3.8) is 0 Å². The van der Waals surface area contributed by atoms with Gasteiger partial charge in [0, 0.05) is 20.1 Å². The number of carbonyl (C=O) groups is 2. The number of carbonyl (C=O) groups excluding carboxylic acids is 1. The van der Waals surface area contributed by atoms with Crippen molar-refractivity contribution in [1.29, 1.82) is 0 Å². The van der Waals surface area contributed by atoms with Crippen LogP contribution in [-0.2, 0) is 19.6 Å². The van der Waals surface area contributed by atoms with Gasteiger partial charge in [0.25, 0.3) is 0 Å². The van der Waals surface area contributed by atoms with Gasteiger partial charge < -0.3 is 10.0 Å². The van der Waals surface area contributed by atoms with Gasteiger partial charge in [0.1, 0.15) is 0 Å². The van der Waals surface area contributed by atoms with Crippen LogP contribution in [0.5, 0.6) is 0 Å². The molecule has 1 saturated heterocycles. The van der Waals surface area contributed by atoms with E-state index < -0.39 is 21.4 Å². The fourth-order valence-corrected chi connectivity index (χ4v) is 2.98. The summed E-state index contributed by atoms with van der Waals surface area (Å²) >= 11 is 0. The lowest BCUT2D eigenvalue weighted by molar-refractivity contribution is -0.153. The molecule has 0 radical (unpaired) electrons. The number of amides is 1. The van der Waals surface area contributed by atoms with Crippen molar-refractivity contribution in [3.05, 3.63) is 0 Å². The van der Waals surface area contributed by atoms with E-state index in [1.807, 2.05) is 0 Å². The molecule has 1 N–H and O–H groups in total. The van der Waals surface area contributed by atoms with Crippen molar-refractivity contribution < 1.29 is 23.1 Å². The molecular formula is C12H22N2O5S. The fourth-order valence-electron chi connectivity index (χ4n) is 2.24. The Kier molecular flexibility index (Phi) is 5.15. The summed E-state index contributed by atoms with van der Waals surface area (Å²) in [4.78, 5) is 24.8. The lowest BCUT2D eigenvalue weighted by atomic mass is 9.82. The Morgan fingerprint density at radius 2 is 2.00 bits per heavy atom. The predicted octanol–water partition coefficient (Wildman–Crippen LogP) is -0.0188. The molecule has 1 unspecified atom stereocenters. The number of aliphatic carboxylic acids is 1. The summed E-state index contributed by atoms with van der Waals surface area (Å²) < 4.78 is 24.2. The van der Waals surface area contributed by atoms with E-state index in [4.69, 9.17) is 0 Å². The van der Waals surface area contributed by atoms with Crippen LogP contribution in [0, 0.1) is 5.41 Å². The van der Waals surface area contributed by atoms with E-state index in [0.717, 1.165) is 4.31 Å². The highest BCUT2D eigenvalue weighted by Crippen LogP contribution is 2.29. The van der Waals surface area contributed by atoms with Crippen LogP contribution in [0.25, 0.3) is 0 Å². The molecule has 0 bridgehead atoms. The third kappa shape index (κ3) is 3.69. The van der Waals surface area contributed by atoms with Crippen LogP contribution in [0.3, 0.4) is 0 Å². The van der Waals surface area contributed by atoms with Crippen molar-refractivity contribution in [1.82, 2.24) is 9.21 Å². The van der Waals surface area contributed by atoms with E-state index in [0.29, 0.717) is 19.4 Å². The zero-order valence-electron chi connectivity index (χ0n) is 12.1. The molecular weight excluding hydrogens is 284 g/mol. The first-order valence-electron chi connectivity index (χ1n) is 6.57. The summed E-state index contributed by atoms with van der Waals surface area (Å²) in [5, 5.41) is 9.20. The average Bonchev–Trinajstić information content (AvgIpc) is 2.38. The van der Waals surface area contributed by atoms with E-state index >= 15 is 0 Å². The van der Waals surface area contributed by atoms with Crippen LogP contribution in [0.4, 0.5) is 0 Å². The molecule has 1 heterocycles. The maximum absolute atomic E-state index is 12.1. The zero-order chi connectivity index (χ0) is 15.6. The molecule has 1 amide bonds. The quantitative estimate of drug-likeness (QED) is 0.770. The standard InChI is InChI=1S/C12H22N2O5S/c1-4-20(18,19)13(3)8-10(15)14-7-5-6-12(2,9-14)11(16)17/h4-9H2,1-3H3,(H,16,17). The van der Waals surface area contributed by atoms with Gasteiger partial charge in [-0.05, 0) is 26.7 Å². The van der Waals surface area contributed by atoms with Gasteiger partial charge in [-0.15, -0.1) is 0 Å². The van der Waals surface area contributed by atoms with Gasteiger partial charge in [-0.3, -0.25) is 9.59 Å². The highest BCUT2D eigenvalue weighted by atomic mass is 32.2. The van der Waals surface area contributed by atoms with E-state index in [2.05, 4.69) is 0 Å². The molecule has 20 heavy (non-hydrogen) atoms. The van der Waals surface area contributed by atoms with Crippen LogP contribution < -0.4 is 0 Å². The van der Waals surface area contributed by atoms with Crippen LogP contribution in [0.15, 0.2) is 0 Å². The second kappa shape index (κ2) is 6.09. The van der Waals surface area contributed by atoms with Crippen LogP contribution in [-0.4, -0.2) is 67.0 Å². The van der Waals surface area contributed by atoms with Gasteiger partial charge in [0.05, 0.1) is 17.7 Å². The Labute approximate surface area is 119 Å². The van der Waals surface area contributed by atoms with Crippen LogP contribution in [0.1, 0.15) is 26.7 Å². The Balaban J connectivity index is 2.71. The number of hydrogen-bond donors (Lipinski definition) is 1. The minimum absolute atomic E-state index is 0.0659. The van der Waals surface area contributed by atoms with Gasteiger partial charge in [0.2, 0.25) is 15.9 Å². The van der Waals surface area contributed by atoms with Crippen molar-refractivity contribution in [2.75, 3.05) is 32.4 Å². The Bertz CT molecular complexity index is 490. The smallest absolute Gasteiger partial charge is 0.311 e. The number of likely N-dealkylation sites (tertiary alicyclic amines) is 1. The lowest BCUT2D eigenvalue weighted by Crippen LogP contribution is -2.51. The predicted molar refractivity (Wildman–Crippen MR) is 73.6 cm³/mol. The number of nitrogens with zero attached hydrogens (tertiary/aromatic N) is 2. The van der Waals surface area contributed by atoms with E-state index in [1.165, 1.54) is 18.9 Å². The number of carboxylic acids is 1. The van der Waals surface area contributed by atoms with E-state index in [9.17, 15) is 23.1 Å². The number of sulfonamides is 1. The minimum atomic E-state index is -3.41. The van der Waals surface area contributed by atoms with Gasteiger partial charge >= 0.3 is 5.97 Å². The highest BCUT2D eigenvalue weighted by molar-refractivity contribution is 7.89. The zero-order valence-corrected chi connectivity index (χ0v) is 12.9. The molecule has 8 heteroatoms. The average molecular weight is 306 g/mol. The number of rotatable bonds is 5. The molecule has 1 atom stereocenters. The molecule has 1 rings (SSSR count). The summed E-state index contributed by atoms with van der Waals surface area (Å²) in [7, 11) is -2.05. The monoisotopic (exact) mass is 306 g/mol. The molecule has 1 aliphatic heterocycles. The largest absolute Gasteiger partial charge is 0.481 e. The Hall–Kier alpha value is -1.15. The number of carboxylic acid groups (broad SMARTS) is 1. The molecule has 0 aliphatic carbocycles. The molecule has 1 aliphatic rings. The van der Waals surface area contributed by atoms with Crippen molar-refractivity contribution in [2.24, 2.45) is 5.41 Å². The first-order chi connectivity index (χ1) is 9.12. The molecule has 0 spiro atoms. The van der Waals surface area contributed by atoms with Crippen LogP contribution >= 0.6 is 0 Å². The first-order valence-corrected chi connectivity index (χ1v) is 8.18. The molecule has 7 nitrogen and oxygen atoms in total. The summed E-state index contributed by atoms with van der Waals surface area (Å²) in [5.74, 6) is -1.34. The number of hydrogen-bond acceptors (Lipinski definition) is 4. The second-order valence-electron chi connectivity index (χ2n) is 5.44. The topological polar surface area (TPSA) is 95.0 Å². The third-order valence-corrected chi connectivity index (χ3v) is 5.57. The summed E-state index contributed by atoms with van der Waals surface area (Å²) in [6.45, 7) is 3.48. The van der Waals surface area contributed by atoms with E-state index in [-0.39, 0.29) is 24.7 Å². The van der Waals surface area contributed by atoms with Gasteiger partial charge in [-0.2, -0.15) is 4.31 Å². The first kappa shape index (κ1) is 16.9. The maximum atomic E-state index is 12.1. The van der Waals surface area contributed by atoms with Crippen molar-refractivity contribution >= 4 is 21.9 Å². The number of likely N-dealkylation sites (N-methyl/N-ethyl adjacent to an activating group) is 1. The third-order valence-electron chi connectivity index (χ3n) is 3.76. The summed E-state index contributed by atoms with van der Waals surface area (Å²) in [6, 6.07) is 0. The molecule has 0 saturated carbocycles. The van der Waals surface area contributed by atoms with Crippen molar-refractivity contribution in [2.45, 2.75) is 26.7 Å². The van der Waals surface area contributed by atoms with E-state index in [1.54, 1.807) is 6.92 Å². The maximum Gasteiger partial charge on any atom is 0.311 e. The van der Waals surface area contributed by atoms with Gasteiger partial charge in [0.15, 0.2) is 0 Å². The minimum Gasteiger partial charge on any atom is -0.481 e. The molecule has 0 aromatic rings. The SMILES string of the molecule is CCS(=O)(=O)N(C)CC(=O)N1CCCC(C)(C(=O)O)C1. The summed E-state index contributed by atoms with van der Waals surface area (Å²) in [5.41, 5.74) is -0.948. The summed E-state index contributed by atoms with van der Waals surface area (Å²) in [6.07, 6.45) is 1.13. The molecule has 1 fully saturated rings. The highest BCUT2D eigenvalue weighted by Gasteiger charge is 2.39. The van der Waals surface area contributed by atoms with Gasteiger partial charge in [-0.1, -0.05) is 0 Å². The van der Waals surface area contributed by atoms with Crippen molar-refractivity contribution in [3.8, 4) is 0 Å². The molecule has 0 aromatic heterocycles. The molecule has 116 valence electrons. The normalized spacial score (nSPS) is 23.9. The molecule has 0 aromatic carbocycles. The Morgan fingerprint density at radius 3 is 2.50 bits per heavy atom. The number of piperidine rings is 1. The van der Waals surface area contributed by atoms with Gasteiger partial charge in [-0.25, -0.2) is 8.42 Å². The lowest BCUT2D eigenvalue weighted by Gasteiger charge is -2.38. The second-order valence-corrected chi connectivity index (χ2v) is 7.81. The fraction of sp³-hybridized carbons (Fsp3) is 0.833.